The number of carbonyl (C=O) groups excluding carboxylic acids is 1. The topological polar surface area (TPSA) is 67.4 Å². The lowest BCUT2D eigenvalue weighted by atomic mass is 9.98. The van der Waals surface area contributed by atoms with E-state index in [9.17, 15) is 9.36 Å². The zero-order valence-corrected chi connectivity index (χ0v) is 10.1. The molecule has 2 aliphatic rings. The van der Waals surface area contributed by atoms with Crippen molar-refractivity contribution in [3.8, 4) is 0 Å². The Kier molecular flexibility index (Phi) is 3.72. The summed E-state index contributed by atoms with van der Waals surface area (Å²) in [5.74, 6) is 0.570. The minimum atomic E-state index is -2.90. The third-order valence-corrected chi connectivity index (χ3v) is 6.43. The van der Waals surface area contributed by atoms with Gasteiger partial charge >= 0.3 is 6.72 Å². The van der Waals surface area contributed by atoms with Gasteiger partial charge in [-0.15, -0.1) is 0 Å². The van der Waals surface area contributed by atoms with E-state index in [4.69, 9.17) is 4.52 Å². The van der Waals surface area contributed by atoms with E-state index in [0.29, 0.717) is 12.4 Å². The Labute approximate surface area is 93.0 Å². The lowest BCUT2D eigenvalue weighted by molar-refractivity contribution is -0.124. The van der Waals surface area contributed by atoms with Gasteiger partial charge in [-0.25, -0.2) is 0 Å². The van der Waals surface area contributed by atoms with E-state index in [2.05, 4.69) is 10.4 Å². The minimum Gasteiger partial charge on any atom is -0.317 e. The van der Waals surface area contributed by atoms with Gasteiger partial charge in [0.1, 0.15) is 0 Å². The molecule has 0 radical (unpaired) electrons. The molecule has 5 nitrogen and oxygen atoms in total. The summed E-state index contributed by atoms with van der Waals surface area (Å²) in [6.45, 7) is -0.714. The molecule has 1 atom stereocenters. The summed E-state index contributed by atoms with van der Waals surface area (Å²) in [5, 5.41) is 5.74. The maximum atomic E-state index is 11.9. The van der Waals surface area contributed by atoms with Crippen LogP contribution >= 0.6 is 18.1 Å². The predicted octanol–water partition coefficient (Wildman–Crippen LogP) is 0.974. The molecule has 15 heavy (non-hydrogen) atoms. The van der Waals surface area contributed by atoms with Crippen LogP contribution in [0.4, 0.5) is 0 Å². The quantitative estimate of drug-likeness (QED) is 0.715. The zero-order chi connectivity index (χ0) is 10.7. The van der Waals surface area contributed by atoms with Crippen molar-refractivity contribution in [2.75, 3.05) is 25.4 Å². The maximum Gasteiger partial charge on any atom is 0.353 e. The molecule has 0 aromatic carbocycles. The second kappa shape index (κ2) is 4.87. The first kappa shape index (κ1) is 11.5. The highest BCUT2D eigenvalue weighted by Gasteiger charge is 2.34. The Morgan fingerprint density at radius 3 is 2.80 bits per heavy atom. The highest BCUT2D eigenvalue weighted by molar-refractivity contribution is 8.56. The van der Waals surface area contributed by atoms with Crippen molar-refractivity contribution >= 4 is 24.0 Å². The zero-order valence-electron chi connectivity index (χ0n) is 8.40. The van der Waals surface area contributed by atoms with Gasteiger partial charge < -0.3 is 9.84 Å². The summed E-state index contributed by atoms with van der Waals surface area (Å²) in [7, 11) is 0. The molecule has 2 rings (SSSR count). The van der Waals surface area contributed by atoms with Crippen LogP contribution in [0.3, 0.4) is 0 Å². The molecule has 2 saturated heterocycles. The van der Waals surface area contributed by atoms with E-state index in [1.165, 1.54) is 11.4 Å². The lowest BCUT2D eigenvalue weighted by Gasteiger charge is -2.22. The van der Waals surface area contributed by atoms with Crippen molar-refractivity contribution in [2.45, 2.75) is 12.8 Å². The van der Waals surface area contributed by atoms with E-state index in [1.54, 1.807) is 0 Å². The third kappa shape index (κ3) is 2.97. The molecule has 1 unspecified atom stereocenters. The summed E-state index contributed by atoms with van der Waals surface area (Å²) in [4.78, 5) is 11.8. The first-order valence-electron chi connectivity index (χ1n) is 5.12. The average molecular weight is 250 g/mol. The number of carbonyl (C=O) groups is 1. The maximum absolute atomic E-state index is 11.9. The van der Waals surface area contributed by atoms with Crippen molar-refractivity contribution in [1.82, 2.24) is 10.4 Å². The highest BCUT2D eigenvalue weighted by Crippen LogP contribution is 2.60. The Bertz CT molecular complexity index is 284. The van der Waals surface area contributed by atoms with Gasteiger partial charge in [-0.05, 0) is 37.3 Å². The molecule has 7 heteroatoms. The van der Waals surface area contributed by atoms with E-state index < -0.39 is 6.72 Å². The standard InChI is InChI=1S/C8H15N2O3PS/c11-8(7-1-3-9-4-2-7)10-14(12)13-5-6-15-14/h7,9H,1-6H2,(H,10,11,12). The van der Waals surface area contributed by atoms with Crippen molar-refractivity contribution in [3.63, 3.8) is 0 Å². The Morgan fingerprint density at radius 2 is 2.20 bits per heavy atom. The fourth-order valence-corrected chi connectivity index (χ4v) is 5.09. The van der Waals surface area contributed by atoms with Gasteiger partial charge in [-0.1, -0.05) is 0 Å². The molecule has 0 aliphatic carbocycles. The van der Waals surface area contributed by atoms with E-state index >= 15 is 0 Å². The molecule has 86 valence electrons. The smallest absolute Gasteiger partial charge is 0.317 e. The SMILES string of the molecule is O=C(NP1(=O)OCCS1)C1CCNCC1. The Hall–Kier alpha value is -0.0300. The van der Waals surface area contributed by atoms with Crippen LogP contribution in [0, 0.1) is 5.92 Å². The van der Waals surface area contributed by atoms with Crippen molar-refractivity contribution in [1.29, 1.82) is 0 Å². The fraction of sp³-hybridized carbons (Fsp3) is 0.875. The van der Waals surface area contributed by atoms with Crippen molar-refractivity contribution in [3.05, 3.63) is 0 Å². The van der Waals surface area contributed by atoms with Crippen LogP contribution in [-0.4, -0.2) is 31.4 Å². The lowest BCUT2D eigenvalue weighted by Crippen LogP contribution is -2.36. The number of hydrogen-bond acceptors (Lipinski definition) is 5. The summed E-state index contributed by atoms with van der Waals surface area (Å²) < 4.78 is 16.9. The number of hydrogen-bond donors (Lipinski definition) is 2. The fourth-order valence-electron chi connectivity index (χ4n) is 1.73. The monoisotopic (exact) mass is 250 g/mol. The molecular formula is C8H15N2O3PS. The number of piperidine rings is 1. The first-order valence-corrected chi connectivity index (χ1v) is 8.33. The molecule has 2 N–H and O–H groups in total. The molecule has 0 spiro atoms. The van der Waals surface area contributed by atoms with Gasteiger partial charge in [0.15, 0.2) is 0 Å². The molecule has 2 heterocycles. The molecule has 2 fully saturated rings. The van der Waals surface area contributed by atoms with Crippen LogP contribution in [0.2, 0.25) is 0 Å². The normalized spacial score (nSPS) is 32.8. The van der Waals surface area contributed by atoms with Gasteiger partial charge in [-0.3, -0.25) is 14.4 Å². The summed E-state index contributed by atoms with van der Waals surface area (Å²) in [6, 6.07) is 0. The second-order valence-corrected chi connectivity index (χ2v) is 8.02. The predicted molar refractivity (Wildman–Crippen MR) is 59.8 cm³/mol. The molecule has 1 amide bonds. The number of amides is 1. The van der Waals surface area contributed by atoms with E-state index in [-0.39, 0.29) is 11.8 Å². The third-order valence-electron chi connectivity index (χ3n) is 2.56. The van der Waals surface area contributed by atoms with E-state index in [0.717, 1.165) is 25.9 Å². The van der Waals surface area contributed by atoms with Crippen LogP contribution in [0.15, 0.2) is 0 Å². The highest BCUT2D eigenvalue weighted by atomic mass is 32.7. The first-order chi connectivity index (χ1) is 7.20. The molecule has 2 aliphatic heterocycles. The van der Waals surface area contributed by atoms with Gasteiger partial charge in [0.05, 0.1) is 6.61 Å². The van der Waals surface area contributed by atoms with Gasteiger partial charge in [-0.2, -0.15) is 0 Å². The molecule has 0 aromatic heterocycles. The number of nitrogens with one attached hydrogen (secondary N) is 2. The van der Waals surface area contributed by atoms with Crippen LogP contribution < -0.4 is 10.4 Å². The minimum absolute atomic E-state index is 0.0122. The molecule has 0 bridgehead atoms. The summed E-state index contributed by atoms with van der Waals surface area (Å²) in [6.07, 6.45) is 1.63. The van der Waals surface area contributed by atoms with Gasteiger partial charge in [0.25, 0.3) is 0 Å². The number of rotatable bonds is 2. The second-order valence-electron chi connectivity index (χ2n) is 3.66. The van der Waals surface area contributed by atoms with Crippen LogP contribution in [0.5, 0.6) is 0 Å². The molecular weight excluding hydrogens is 235 g/mol. The average Bonchev–Trinajstić information content (AvgIpc) is 2.66. The summed E-state index contributed by atoms with van der Waals surface area (Å²) >= 11 is 1.22. The van der Waals surface area contributed by atoms with Crippen molar-refractivity contribution in [2.24, 2.45) is 5.92 Å². The Balaban J connectivity index is 1.88. The van der Waals surface area contributed by atoms with Crippen LogP contribution in [0.1, 0.15) is 12.8 Å². The van der Waals surface area contributed by atoms with Crippen molar-refractivity contribution < 1.29 is 13.9 Å². The van der Waals surface area contributed by atoms with Crippen LogP contribution in [0.25, 0.3) is 0 Å². The van der Waals surface area contributed by atoms with Gasteiger partial charge in [0.2, 0.25) is 5.91 Å². The van der Waals surface area contributed by atoms with Gasteiger partial charge in [0, 0.05) is 11.7 Å². The Morgan fingerprint density at radius 1 is 1.47 bits per heavy atom. The molecule has 0 saturated carbocycles. The van der Waals surface area contributed by atoms with E-state index in [1.807, 2.05) is 0 Å². The molecule has 0 aromatic rings. The summed E-state index contributed by atoms with van der Waals surface area (Å²) in [5.41, 5.74) is 0. The largest absolute Gasteiger partial charge is 0.353 e. The van der Waals surface area contributed by atoms with Crippen LogP contribution in [-0.2, 0) is 13.9 Å².